The highest BCUT2D eigenvalue weighted by Crippen LogP contribution is 2.31. The Morgan fingerprint density at radius 3 is 2.00 bits per heavy atom. The third-order valence-corrected chi connectivity index (χ3v) is 0. The fraction of sp³-hybridized carbons (Fsp3) is 0. The first-order valence-electron chi connectivity index (χ1n) is 0.596. The van der Waals surface area contributed by atoms with Crippen LogP contribution in [-0.4, -0.2) is 0 Å². The van der Waals surface area contributed by atoms with Gasteiger partial charge in [0.15, 0.2) is 0 Å². The van der Waals surface area contributed by atoms with Gasteiger partial charge in [0.05, 0.1) is 0 Å². The highest BCUT2D eigenvalue weighted by molar-refractivity contribution is 7.77. The molecule has 1 nitrogen and oxygen atoms in total. The average molecular weight is 101 g/mol. The van der Waals surface area contributed by atoms with Gasteiger partial charge in [0.25, 0.3) is 0 Å². The fourth-order valence-corrected chi connectivity index (χ4v) is 0. The molecule has 1 atom stereocenters. The van der Waals surface area contributed by atoms with Gasteiger partial charge in [-0.2, -0.15) is 4.20 Å². The second-order valence-corrected chi connectivity index (χ2v) is 1.75. The molecule has 1 unspecified atom stereocenters. The molecule has 0 aliphatic carbocycles. The normalized spacial score (nSPS) is 15.8. The maximum Gasteiger partial charge on any atom is 0.249 e. The van der Waals surface area contributed by atoms with Crippen molar-refractivity contribution in [1.29, 1.82) is 0 Å². The van der Waals surface area contributed by atoms with E-state index in [1.165, 1.54) is 0 Å². The zero-order valence-corrected chi connectivity index (χ0v) is 3.43. The van der Waals surface area contributed by atoms with Crippen LogP contribution in [0, 0.1) is 0 Å². The summed E-state index contributed by atoms with van der Waals surface area (Å²) >= 11 is 4.45. The van der Waals surface area contributed by atoms with Crippen LogP contribution in [0.5, 0.6) is 0 Å². The van der Waals surface area contributed by atoms with Crippen molar-refractivity contribution in [2.24, 2.45) is 5.50 Å². The Labute approximate surface area is 29.7 Å². The van der Waals surface area contributed by atoms with Crippen molar-refractivity contribution >= 4 is 19.0 Å². The van der Waals surface area contributed by atoms with E-state index in [9.17, 15) is 4.20 Å². The lowest BCUT2D eigenvalue weighted by molar-refractivity contribution is 0.911. The minimum Gasteiger partial charge on any atom is -0.271 e. The zero-order valence-electron chi connectivity index (χ0n) is 1.78. The second kappa shape index (κ2) is 1.89. The van der Waals surface area contributed by atoms with Crippen molar-refractivity contribution in [3.8, 4) is 0 Å². The molecule has 0 saturated carbocycles. The molecule has 4 heteroatoms. The summed E-state index contributed by atoms with van der Waals surface area (Å²) in [4.78, 5) is 0. The smallest absolute Gasteiger partial charge is 0.249 e. The molecule has 26 valence electrons. The summed E-state index contributed by atoms with van der Waals surface area (Å²) in [6, 6.07) is 0. The molecule has 0 heterocycles. The van der Waals surface area contributed by atoms with E-state index in [4.69, 9.17) is 0 Å². The molecule has 0 rings (SSSR count). The van der Waals surface area contributed by atoms with Crippen LogP contribution in [0.15, 0.2) is 0 Å². The van der Waals surface area contributed by atoms with E-state index >= 15 is 0 Å². The Hall–Kier alpha value is 0.610. The van der Waals surface area contributed by atoms with Crippen LogP contribution in [0.4, 0.5) is 4.20 Å². The first-order chi connectivity index (χ1) is 1.73. The van der Waals surface area contributed by atoms with E-state index in [-0.39, 0.29) is 0 Å². The average Bonchev–Trinajstić information content (AvgIpc) is 0.811. The highest BCUT2D eigenvalue weighted by Gasteiger charge is 1.79. The van der Waals surface area contributed by atoms with Gasteiger partial charge in [-0.25, -0.2) is 0 Å². The Morgan fingerprint density at radius 2 is 2.00 bits per heavy atom. The molecule has 0 saturated heterocycles. The minimum atomic E-state index is -2.15. The van der Waals surface area contributed by atoms with E-state index in [1.807, 2.05) is 0 Å². The molecule has 0 spiro atoms. The summed E-state index contributed by atoms with van der Waals surface area (Å²) in [5.41, 5.74) is 4.27. The molecular weight excluding hydrogens is 99.4 g/mol. The van der Waals surface area contributed by atoms with Gasteiger partial charge in [-0.1, -0.05) is 0 Å². The summed E-state index contributed by atoms with van der Waals surface area (Å²) in [5, 5.41) is 0. The van der Waals surface area contributed by atoms with Crippen LogP contribution in [0.2, 0.25) is 0 Å². The van der Waals surface area contributed by atoms with Gasteiger partial charge in [0.1, 0.15) is 0 Å². The Balaban J connectivity index is 2.32. The topological polar surface area (TPSA) is 26.0 Å². The predicted molar refractivity (Wildman–Crippen MR) is 18.1 cm³/mol. The van der Waals surface area contributed by atoms with Crippen LogP contribution in [0.1, 0.15) is 0 Å². The minimum absolute atomic E-state index is 2.15. The summed E-state index contributed by atoms with van der Waals surface area (Å²) in [7, 11) is -2.15. The first-order valence-corrected chi connectivity index (χ1v) is 2.80. The summed E-state index contributed by atoms with van der Waals surface area (Å²) in [6.07, 6.45) is 0. The van der Waals surface area contributed by atoms with Crippen molar-refractivity contribution in [3.05, 3.63) is 0 Å². The van der Waals surface area contributed by atoms with Gasteiger partial charge in [0, 0.05) is 0 Å². The van der Waals surface area contributed by atoms with Crippen LogP contribution < -0.4 is 5.50 Å². The zero-order chi connectivity index (χ0) is 3.58. The molecule has 0 aliphatic rings. The van der Waals surface area contributed by atoms with Crippen molar-refractivity contribution in [3.63, 3.8) is 0 Å². The molecule has 0 bridgehead atoms. The molecule has 4 heavy (non-hydrogen) atoms. The predicted octanol–water partition coefficient (Wildman–Crippen LogP) is 1.38. The van der Waals surface area contributed by atoms with E-state index in [2.05, 4.69) is 16.7 Å². The monoisotopic (exact) mass is 101 g/mol. The molecule has 0 fully saturated rings. The number of halogens is 2. The third kappa shape index (κ3) is 18.2. The lowest BCUT2D eigenvalue weighted by atomic mass is 13.9. The molecule has 0 aromatic carbocycles. The Morgan fingerprint density at radius 1 is 2.00 bits per heavy atom. The lowest BCUT2D eigenvalue weighted by Crippen LogP contribution is -1.65. The number of nitrogens with two attached hydrogens (primary N) is 1. The van der Waals surface area contributed by atoms with Gasteiger partial charge in [-0.3, -0.25) is 5.50 Å². The third-order valence-electron chi connectivity index (χ3n) is 0. The summed E-state index contributed by atoms with van der Waals surface area (Å²) < 4.78 is 10.6. The SMILES string of the molecule is NP(F)Cl. The summed E-state index contributed by atoms with van der Waals surface area (Å²) in [5.74, 6) is 0. The first kappa shape index (κ1) is 4.61. The molecule has 0 aromatic heterocycles. The van der Waals surface area contributed by atoms with E-state index in [0.717, 1.165) is 0 Å². The Bertz CT molecular complexity index is 12.8. The van der Waals surface area contributed by atoms with Crippen molar-refractivity contribution in [2.45, 2.75) is 0 Å². The van der Waals surface area contributed by atoms with Gasteiger partial charge in [-0.15, -0.1) is 0 Å². The summed E-state index contributed by atoms with van der Waals surface area (Å²) in [6.45, 7) is 0. The highest BCUT2D eigenvalue weighted by atomic mass is 35.7. The van der Waals surface area contributed by atoms with Gasteiger partial charge >= 0.3 is 0 Å². The fourth-order valence-electron chi connectivity index (χ4n) is 0. The van der Waals surface area contributed by atoms with Crippen molar-refractivity contribution in [2.75, 3.05) is 0 Å². The quantitative estimate of drug-likeness (QED) is 0.459. The number of rotatable bonds is 0. The van der Waals surface area contributed by atoms with Gasteiger partial charge in [-0.05, 0) is 11.2 Å². The molecule has 0 amide bonds. The maximum absolute atomic E-state index is 10.6. The molecular formula is H2ClFNP. The van der Waals surface area contributed by atoms with E-state index < -0.39 is 7.74 Å². The van der Waals surface area contributed by atoms with Crippen LogP contribution in [0.25, 0.3) is 0 Å². The number of hydrogen-bond acceptors (Lipinski definition) is 1. The lowest BCUT2D eigenvalue weighted by Gasteiger charge is -1.71. The van der Waals surface area contributed by atoms with Gasteiger partial charge in [0.2, 0.25) is 7.74 Å². The maximum atomic E-state index is 10.6. The van der Waals surface area contributed by atoms with Crippen LogP contribution >= 0.6 is 19.0 Å². The van der Waals surface area contributed by atoms with Gasteiger partial charge < -0.3 is 0 Å². The standard InChI is InChI=1S/ClFH2NP/c1-4(2)3/h3H2. The van der Waals surface area contributed by atoms with Crippen molar-refractivity contribution in [1.82, 2.24) is 0 Å². The van der Waals surface area contributed by atoms with Crippen molar-refractivity contribution < 1.29 is 4.20 Å². The van der Waals surface area contributed by atoms with Crippen LogP contribution in [0.3, 0.4) is 0 Å². The molecule has 2 N–H and O–H groups in total. The molecule has 0 aliphatic heterocycles. The second-order valence-electron chi connectivity index (χ2n) is 0.259. The van der Waals surface area contributed by atoms with E-state index in [0.29, 0.717) is 0 Å². The molecule has 0 aromatic rings. The number of hydrogen-bond donors (Lipinski definition) is 1. The van der Waals surface area contributed by atoms with E-state index in [1.54, 1.807) is 0 Å². The molecule has 0 radical (unpaired) electrons. The largest absolute Gasteiger partial charge is 0.271 e. The Kier molecular flexibility index (Phi) is 2.17. The van der Waals surface area contributed by atoms with Crippen LogP contribution in [-0.2, 0) is 0 Å².